The fourth-order valence-electron chi connectivity index (χ4n) is 1.60. The van der Waals surface area contributed by atoms with Crippen LogP contribution in [-0.4, -0.2) is 62.0 Å². The summed E-state index contributed by atoms with van der Waals surface area (Å²) in [6.07, 6.45) is 4.07. The number of hydrogen-bond donors (Lipinski definition) is 1. The van der Waals surface area contributed by atoms with E-state index < -0.39 is 0 Å². The Balaban J connectivity index is 2.27. The fourth-order valence-corrected chi connectivity index (χ4v) is 1.60. The molecule has 1 heterocycles. The van der Waals surface area contributed by atoms with Crippen LogP contribution in [0.25, 0.3) is 0 Å². The monoisotopic (exact) mass is 211 g/mol. The van der Waals surface area contributed by atoms with E-state index in [4.69, 9.17) is 0 Å². The van der Waals surface area contributed by atoms with Crippen molar-refractivity contribution in [2.75, 3.05) is 46.3 Å². The van der Waals surface area contributed by atoms with Gasteiger partial charge in [0.05, 0.1) is 6.54 Å². The molecule has 4 heteroatoms. The molecule has 0 aliphatic carbocycles. The largest absolute Gasteiger partial charge is 0.339 e. The van der Waals surface area contributed by atoms with Crippen molar-refractivity contribution in [1.29, 1.82) is 0 Å². The van der Waals surface area contributed by atoms with Crippen molar-refractivity contribution in [3.8, 4) is 0 Å². The van der Waals surface area contributed by atoms with E-state index in [0.717, 1.165) is 32.7 Å². The van der Waals surface area contributed by atoms with Crippen LogP contribution in [0.5, 0.6) is 0 Å². The van der Waals surface area contributed by atoms with Gasteiger partial charge in [-0.3, -0.25) is 9.69 Å². The van der Waals surface area contributed by atoms with Crippen LogP contribution in [-0.2, 0) is 4.79 Å². The molecule has 0 spiro atoms. The van der Waals surface area contributed by atoms with Crippen LogP contribution in [0.15, 0.2) is 12.2 Å². The van der Waals surface area contributed by atoms with Crippen molar-refractivity contribution in [1.82, 2.24) is 15.1 Å². The van der Waals surface area contributed by atoms with Crippen LogP contribution in [0.4, 0.5) is 0 Å². The highest BCUT2D eigenvalue weighted by atomic mass is 16.2. The van der Waals surface area contributed by atoms with E-state index in [-0.39, 0.29) is 5.91 Å². The number of likely N-dealkylation sites (N-methyl/N-ethyl adjacent to an activating group) is 1. The molecule has 15 heavy (non-hydrogen) atoms. The Morgan fingerprint density at radius 2 is 2.13 bits per heavy atom. The van der Waals surface area contributed by atoms with Gasteiger partial charge in [-0.1, -0.05) is 12.2 Å². The van der Waals surface area contributed by atoms with Crippen molar-refractivity contribution in [2.24, 2.45) is 0 Å². The summed E-state index contributed by atoms with van der Waals surface area (Å²) in [5, 5.41) is 3.24. The van der Waals surface area contributed by atoms with E-state index in [2.05, 4.69) is 11.4 Å². The molecular weight excluding hydrogens is 190 g/mol. The smallest absolute Gasteiger partial charge is 0.236 e. The SMILES string of the molecule is C/C=C/CN(C)CC(=O)N1CCNCC1. The molecule has 1 amide bonds. The molecule has 0 saturated carbocycles. The van der Waals surface area contributed by atoms with Gasteiger partial charge in [-0.2, -0.15) is 0 Å². The molecule has 0 atom stereocenters. The van der Waals surface area contributed by atoms with Gasteiger partial charge in [-0.25, -0.2) is 0 Å². The lowest BCUT2D eigenvalue weighted by Gasteiger charge is -2.29. The van der Waals surface area contributed by atoms with Crippen LogP contribution in [0.3, 0.4) is 0 Å². The molecule has 0 aromatic heterocycles. The number of amides is 1. The number of nitrogens with one attached hydrogen (secondary N) is 1. The van der Waals surface area contributed by atoms with E-state index in [9.17, 15) is 4.79 Å². The van der Waals surface area contributed by atoms with Crippen LogP contribution < -0.4 is 5.32 Å². The Labute approximate surface area is 91.9 Å². The van der Waals surface area contributed by atoms with Gasteiger partial charge in [0, 0.05) is 32.7 Å². The molecule has 0 radical (unpaired) electrons. The van der Waals surface area contributed by atoms with Gasteiger partial charge in [0.2, 0.25) is 5.91 Å². The second-order valence-corrected chi connectivity index (χ2v) is 3.90. The van der Waals surface area contributed by atoms with E-state index in [1.807, 2.05) is 29.8 Å². The van der Waals surface area contributed by atoms with Crippen molar-refractivity contribution < 1.29 is 4.79 Å². The molecular formula is C11H21N3O. The van der Waals surface area contributed by atoms with Crippen molar-refractivity contribution in [2.45, 2.75) is 6.92 Å². The van der Waals surface area contributed by atoms with Crippen molar-refractivity contribution >= 4 is 5.91 Å². The lowest BCUT2D eigenvalue weighted by molar-refractivity contribution is -0.132. The van der Waals surface area contributed by atoms with Gasteiger partial charge in [0.25, 0.3) is 0 Å². The maximum Gasteiger partial charge on any atom is 0.236 e. The van der Waals surface area contributed by atoms with Gasteiger partial charge in [0.1, 0.15) is 0 Å². The molecule has 4 nitrogen and oxygen atoms in total. The van der Waals surface area contributed by atoms with Gasteiger partial charge < -0.3 is 10.2 Å². The van der Waals surface area contributed by atoms with Gasteiger partial charge in [-0.15, -0.1) is 0 Å². The van der Waals surface area contributed by atoms with Crippen molar-refractivity contribution in [3.63, 3.8) is 0 Å². The Morgan fingerprint density at radius 3 is 2.73 bits per heavy atom. The standard InChI is InChI=1S/C11H21N3O/c1-3-4-7-13(2)10-11(15)14-8-5-12-6-9-14/h3-4,12H,5-10H2,1-2H3/b4-3+. The zero-order chi connectivity index (χ0) is 11.1. The molecule has 0 unspecified atom stereocenters. The molecule has 0 bridgehead atoms. The van der Waals surface area contributed by atoms with Gasteiger partial charge >= 0.3 is 0 Å². The van der Waals surface area contributed by atoms with Crippen molar-refractivity contribution in [3.05, 3.63) is 12.2 Å². The second kappa shape index (κ2) is 6.58. The van der Waals surface area contributed by atoms with Crippen LogP contribution in [0, 0.1) is 0 Å². The topological polar surface area (TPSA) is 35.6 Å². The molecule has 86 valence electrons. The molecule has 1 aliphatic heterocycles. The molecule has 1 N–H and O–H groups in total. The molecule has 1 saturated heterocycles. The van der Waals surface area contributed by atoms with E-state index in [1.54, 1.807) is 0 Å². The summed E-state index contributed by atoms with van der Waals surface area (Å²) >= 11 is 0. The molecule has 0 aromatic carbocycles. The third-order valence-corrected chi connectivity index (χ3v) is 2.53. The first kappa shape index (κ1) is 12.2. The Kier molecular flexibility index (Phi) is 5.36. The average Bonchev–Trinajstić information content (AvgIpc) is 2.27. The number of allylic oxidation sites excluding steroid dienone is 1. The highest BCUT2D eigenvalue weighted by Crippen LogP contribution is 1.95. The summed E-state index contributed by atoms with van der Waals surface area (Å²) in [7, 11) is 1.97. The normalized spacial score (nSPS) is 17.7. The highest BCUT2D eigenvalue weighted by molar-refractivity contribution is 5.78. The maximum atomic E-state index is 11.8. The number of rotatable bonds is 4. The van der Waals surface area contributed by atoms with Crippen LogP contribution >= 0.6 is 0 Å². The first-order valence-corrected chi connectivity index (χ1v) is 5.52. The minimum Gasteiger partial charge on any atom is -0.339 e. The quantitative estimate of drug-likeness (QED) is 0.661. The Morgan fingerprint density at radius 1 is 1.47 bits per heavy atom. The number of nitrogens with zero attached hydrogens (tertiary/aromatic N) is 2. The third-order valence-electron chi connectivity index (χ3n) is 2.53. The third kappa shape index (κ3) is 4.44. The summed E-state index contributed by atoms with van der Waals surface area (Å²) in [6, 6.07) is 0. The predicted octanol–water partition coefficient (Wildman–Crippen LogP) is -0.0739. The summed E-state index contributed by atoms with van der Waals surface area (Å²) in [4.78, 5) is 15.8. The van der Waals surface area contributed by atoms with Gasteiger partial charge in [-0.05, 0) is 14.0 Å². The van der Waals surface area contributed by atoms with Crippen LogP contribution in [0.1, 0.15) is 6.92 Å². The lowest BCUT2D eigenvalue weighted by atomic mass is 10.3. The minimum absolute atomic E-state index is 0.239. The predicted molar refractivity (Wildman–Crippen MR) is 61.8 cm³/mol. The number of carbonyl (C=O) groups excluding carboxylic acids is 1. The Hall–Kier alpha value is -0.870. The summed E-state index contributed by atoms with van der Waals surface area (Å²) in [5.41, 5.74) is 0. The number of piperazine rings is 1. The van der Waals surface area contributed by atoms with E-state index >= 15 is 0 Å². The molecule has 0 aromatic rings. The van der Waals surface area contributed by atoms with E-state index in [0.29, 0.717) is 6.54 Å². The zero-order valence-corrected chi connectivity index (χ0v) is 9.70. The lowest BCUT2D eigenvalue weighted by Crippen LogP contribution is -2.49. The highest BCUT2D eigenvalue weighted by Gasteiger charge is 2.16. The number of hydrogen-bond acceptors (Lipinski definition) is 3. The molecule has 1 fully saturated rings. The number of carbonyl (C=O) groups is 1. The fraction of sp³-hybridized carbons (Fsp3) is 0.727. The first-order valence-electron chi connectivity index (χ1n) is 5.52. The first-order chi connectivity index (χ1) is 7.24. The molecule has 1 rings (SSSR count). The average molecular weight is 211 g/mol. The van der Waals surface area contributed by atoms with Crippen LogP contribution in [0.2, 0.25) is 0 Å². The summed E-state index contributed by atoms with van der Waals surface area (Å²) < 4.78 is 0. The Bertz CT molecular complexity index is 222. The summed E-state index contributed by atoms with van der Waals surface area (Å²) in [6.45, 7) is 6.88. The maximum absolute atomic E-state index is 11.8. The summed E-state index contributed by atoms with van der Waals surface area (Å²) in [5.74, 6) is 0.239. The van der Waals surface area contributed by atoms with E-state index in [1.165, 1.54) is 0 Å². The van der Waals surface area contributed by atoms with Gasteiger partial charge in [0.15, 0.2) is 0 Å². The second-order valence-electron chi connectivity index (χ2n) is 3.90. The zero-order valence-electron chi connectivity index (χ0n) is 9.70. The molecule has 1 aliphatic rings. The minimum atomic E-state index is 0.239.